The lowest BCUT2D eigenvalue weighted by atomic mass is 9.42. The van der Waals surface area contributed by atoms with Gasteiger partial charge in [0.05, 0.1) is 17.5 Å². The summed E-state index contributed by atoms with van der Waals surface area (Å²) in [6.07, 6.45) is 0. The Labute approximate surface area is 182 Å². The van der Waals surface area contributed by atoms with Gasteiger partial charge in [-0.15, -0.1) is 0 Å². The van der Waals surface area contributed by atoms with Crippen molar-refractivity contribution < 1.29 is 9.59 Å². The molecule has 0 unspecified atom stereocenters. The van der Waals surface area contributed by atoms with E-state index in [9.17, 15) is 9.59 Å². The molecule has 0 spiro atoms. The van der Waals surface area contributed by atoms with Crippen LogP contribution in [-0.4, -0.2) is 11.8 Å². The van der Waals surface area contributed by atoms with Crippen LogP contribution in [0.15, 0.2) is 66.7 Å². The topological polar surface area (TPSA) is 37.4 Å². The van der Waals surface area contributed by atoms with E-state index in [1.165, 1.54) is 27.2 Å². The molecular weight excluding hydrogens is 382 g/mol. The van der Waals surface area contributed by atoms with Gasteiger partial charge in [0, 0.05) is 10.8 Å². The lowest BCUT2D eigenvalue weighted by Crippen LogP contribution is -2.59. The number of carbonyl (C=O) groups excluding carboxylic acids is 2. The number of hydrogen-bond acceptors (Lipinski definition) is 2. The Hall–Kier alpha value is -3.20. The first kappa shape index (κ1) is 18.6. The molecule has 154 valence electrons. The van der Waals surface area contributed by atoms with Crippen LogP contribution in [0.3, 0.4) is 0 Å². The first-order chi connectivity index (χ1) is 14.8. The second-order valence-corrected chi connectivity index (χ2v) is 9.73. The lowest BCUT2D eigenvalue weighted by molar-refractivity contribution is -0.124. The van der Waals surface area contributed by atoms with Gasteiger partial charge in [0.2, 0.25) is 11.8 Å². The standard InChI is InChI=1S/C28H25NO2/c1-16-13-14-18(15-17(16)2)29-25(30)23-24(26(29)31)28(4)21-11-7-5-9-19(21)27(23,3)20-10-6-8-12-22(20)28/h5-15,23-24H,1-4H3/t23-,24+,27?,28?. The number of aryl methyl sites for hydroxylation is 2. The van der Waals surface area contributed by atoms with Crippen LogP contribution < -0.4 is 4.90 Å². The van der Waals surface area contributed by atoms with Crippen LogP contribution in [-0.2, 0) is 20.4 Å². The summed E-state index contributed by atoms with van der Waals surface area (Å²) in [5, 5.41) is 0. The third-order valence-corrected chi connectivity index (χ3v) is 8.39. The average Bonchev–Trinajstić information content (AvgIpc) is 3.05. The van der Waals surface area contributed by atoms with E-state index in [0.29, 0.717) is 5.69 Å². The van der Waals surface area contributed by atoms with Gasteiger partial charge in [-0.3, -0.25) is 9.59 Å². The number of nitrogens with zero attached hydrogens (tertiary/aromatic N) is 1. The van der Waals surface area contributed by atoms with Gasteiger partial charge in [0.15, 0.2) is 0 Å². The predicted octanol–water partition coefficient (Wildman–Crippen LogP) is 5.05. The number of benzene rings is 3. The van der Waals surface area contributed by atoms with Crippen LogP contribution >= 0.6 is 0 Å². The normalized spacial score (nSPS) is 30.3. The molecule has 3 nitrogen and oxygen atoms in total. The van der Waals surface area contributed by atoms with E-state index in [0.717, 1.165) is 11.1 Å². The van der Waals surface area contributed by atoms with Gasteiger partial charge in [-0.05, 0) is 59.4 Å². The SMILES string of the molecule is Cc1ccc(N2C(=O)[C@@H]3[C@H](C2=O)C2(C)c4ccccc4C3(C)c3ccccc32)cc1C. The third-order valence-electron chi connectivity index (χ3n) is 8.39. The molecule has 2 amide bonds. The molecule has 7 rings (SSSR count). The van der Waals surface area contributed by atoms with E-state index >= 15 is 0 Å². The minimum absolute atomic E-state index is 0.0732. The highest BCUT2D eigenvalue weighted by Gasteiger charge is 2.70. The Kier molecular flexibility index (Phi) is 3.43. The van der Waals surface area contributed by atoms with Crippen LogP contribution in [0, 0.1) is 25.7 Å². The van der Waals surface area contributed by atoms with Crippen LogP contribution in [0.5, 0.6) is 0 Å². The molecule has 1 saturated heterocycles. The first-order valence-corrected chi connectivity index (χ1v) is 11.0. The summed E-state index contributed by atoms with van der Waals surface area (Å²) in [4.78, 5) is 29.5. The lowest BCUT2D eigenvalue weighted by Gasteiger charge is -2.57. The fraction of sp³-hybridized carbons (Fsp3) is 0.286. The number of rotatable bonds is 1. The Bertz CT molecular complexity index is 1180. The van der Waals surface area contributed by atoms with Crippen molar-refractivity contribution in [2.24, 2.45) is 11.8 Å². The van der Waals surface area contributed by atoms with E-state index in [1.54, 1.807) is 0 Å². The van der Waals surface area contributed by atoms with Crippen molar-refractivity contribution in [1.82, 2.24) is 0 Å². The summed E-state index contributed by atoms with van der Waals surface area (Å²) in [5.41, 5.74) is 6.58. The van der Waals surface area contributed by atoms with Crippen molar-refractivity contribution in [3.8, 4) is 0 Å². The molecule has 2 atom stereocenters. The summed E-state index contributed by atoms with van der Waals surface area (Å²) in [7, 11) is 0. The van der Waals surface area contributed by atoms with Gasteiger partial charge in [-0.1, -0.05) is 68.4 Å². The molecule has 31 heavy (non-hydrogen) atoms. The number of anilines is 1. The second-order valence-electron chi connectivity index (χ2n) is 9.73. The Morgan fingerprint density at radius 2 is 1.06 bits per heavy atom. The monoisotopic (exact) mass is 407 g/mol. The molecule has 2 bridgehead atoms. The van der Waals surface area contributed by atoms with Gasteiger partial charge in [0.1, 0.15) is 0 Å². The van der Waals surface area contributed by atoms with Gasteiger partial charge in [-0.25, -0.2) is 4.90 Å². The number of imide groups is 1. The number of amides is 2. The molecule has 0 aromatic heterocycles. The molecule has 3 heteroatoms. The van der Waals surface area contributed by atoms with Crippen LogP contribution in [0.25, 0.3) is 0 Å². The molecule has 3 aromatic rings. The molecule has 0 saturated carbocycles. The van der Waals surface area contributed by atoms with Gasteiger partial charge in [-0.2, -0.15) is 0 Å². The van der Waals surface area contributed by atoms with E-state index in [1.807, 2.05) is 56.3 Å². The van der Waals surface area contributed by atoms with Gasteiger partial charge < -0.3 is 0 Å². The highest BCUT2D eigenvalue weighted by Crippen LogP contribution is 2.66. The summed E-state index contributed by atoms with van der Waals surface area (Å²) >= 11 is 0. The Balaban J connectivity index is 1.65. The van der Waals surface area contributed by atoms with E-state index in [4.69, 9.17) is 0 Å². The van der Waals surface area contributed by atoms with Crippen molar-refractivity contribution in [3.63, 3.8) is 0 Å². The quantitative estimate of drug-likeness (QED) is 0.530. The molecule has 1 fully saturated rings. The summed E-state index contributed by atoms with van der Waals surface area (Å²) < 4.78 is 0. The highest BCUT2D eigenvalue weighted by atomic mass is 16.2. The van der Waals surface area contributed by atoms with Crippen molar-refractivity contribution in [2.45, 2.75) is 38.5 Å². The maximum atomic E-state index is 14.0. The number of carbonyl (C=O) groups is 2. The largest absolute Gasteiger partial charge is 0.274 e. The average molecular weight is 408 g/mol. The summed E-state index contributed by atoms with van der Waals surface area (Å²) in [6.45, 7) is 8.39. The van der Waals surface area contributed by atoms with Crippen LogP contribution in [0.4, 0.5) is 5.69 Å². The highest BCUT2D eigenvalue weighted by molar-refractivity contribution is 6.24. The Morgan fingerprint density at radius 3 is 1.45 bits per heavy atom. The summed E-state index contributed by atoms with van der Waals surface area (Å²) in [6, 6.07) is 22.7. The molecule has 3 aliphatic carbocycles. The van der Waals surface area contributed by atoms with Crippen LogP contribution in [0.2, 0.25) is 0 Å². The molecule has 4 aliphatic rings. The second kappa shape index (κ2) is 5.73. The molecule has 1 aliphatic heterocycles. The predicted molar refractivity (Wildman–Crippen MR) is 121 cm³/mol. The zero-order valence-corrected chi connectivity index (χ0v) is 18.3. The molecule has 1 heterocycles. The van der Waals surface area contributed by atoms with Crippen molar-refractivity contribution >= 4 is 17.5 Å². The molecular formula is C28H25NO2. The maximum Gasteiger partial charge on any atom is 0.238 e. The zero-order chi connectivity index (χ0) is 21.7. The number of hydrogen-bond donors (Lipinski definition) is 0. The van der Waals surface area contributed by atoms with Gasteiger partial charge >= 0.3 is 0 Å². The van der Waals surface area contributed by atoms with Crippen molar-refractivity contribution in [3.05, 3.63) is 100 Å². The fourth-order valence-electron chi connectivity index (χ4n) is 6.69. The molecule has 0 radical (unpaired) electrons. The van der Waals surface area contributed by atoms with Crippen molar-refractivity contribution in [1.29, 1.82) is 0 Å². The first-order valence-electron chi connectivity index (χ1n) is 11.0. The molecule has 0 N–H and O–H groups in total. The van der Waals surface area contributed by atoms with Gasteiger partial charge in [0.25, 0.3) is 0 Å². The maximum absolute atomic E-state index is 14.0. The minimum atomic E-state index is -0.531. The fourth-order valence-corrected chi connectivity index (χ4v) is 6.69. The zero-order valence-electron chi connectivity index (χ0n) is 18.3. The smallest absolute Gasteiger partial charge is 0.238 e. The minimum Gasteiger partial charge on any atom is -0.274 e. The summed E-state index contributed by atoms with van der Waals surface area (Å²) in [5.74, 6) is -0.959. The van der Waals surface area contributed by atoms with Crippen molar-refractivity contribution in [2.75, 3.05) is 4.90 Å². The Morgan fingerprint density at radius 1 is 0.645 bits per heavy atom. The van der Waals surface area contributed by atoms with Crippen LogP contribution in [0.1, 0.15) is 47.2 Å². The molecule has 3 aromatic carbocycles. The van der Waals surface area contributed by atoms with E-state index in [2.05, 4.69) is 38.1 Å². The third kappa shape index (κ3) is 1.96. The van der Waals surface area contributed by atoms with E-state index < -0.39 is 22.7 Å². The van der Waals surface area contributed by atoms with E-state index in [-0.39, 0.29) is 11.8 Å².